The third-order valence-corrected chi connectivity index (χ3v) is 5.58. The molecule has 7 nitrogen and oxygen atoms in total. The molecule has 0 aliphatic rings. The van der Waals surface area contributed by atoms with E-state index in [4.69, 9.17) is 21.1 Å². The summed E-state index contributed by atoms with van der Waals surface area (Å²) < 4.78 is 36.3. The second kappa shape index (κ2) is 9.16. The number of rotatable bonds is 8. The molecule has 0 aliphatic carbocycles. The highest BCUT2D eigenvalue weighted by atomic mass is 35.5. The molecule has 0 heterocycles. The van der Waals surface area contributed by atoms with Crippen molar-refractivity contribution in [2.24, 2.45) is 0 Å². The molecule has 0 aliphatic heterocycles. The Morgan fingerprint density at radius 2 is 1.71 bits per heavy atom. The van der Waals surface area contributed by atoms with Crippen LogP contribution in [0.1, 0.15) is 12.5 Å². The van der Waals surface area contributed by atoms with Gasteiger partial charge >= 0.3 is 0 Å². The van der Waals surface area contributed by atoms with E-state index in [1.165, 1.54) is 27.2 Å². The van der Waals surface area contributed by atoms with E-state index in [1.807, 2.05) is 0 Å². The standard InChI is InChI=1S/C19H23ClN2O5S/c1-13(19(23)21-12-14-5-7-15(20)8-6-14)22(28(4,24)25)16-9-10-17(26-2)18(11-16)27-3/h5-11,13H,12H2,1-4H3,(H,21,23). The number of nitrogens with zero attached hydrogens (tertiary/aromatic N) is 1. The van der Waals surface area contributed by atoms with Gasteiger partial charge < -0.3 is 14.8 Å². The molecule has 2 aromatic rings. The van der Waals surface area contributed by atoms with Crippen LogP contribution < -0.4 is 19.1 Å². The number of methoxy groups -OCH3 is 2. The summed E-state index contributed by atoms with van der Waals surface area (Å²) in [7, 11) is -0.799. The molecule has 2 rings (SSSR count). The summed E-state index contributed by atoms with van der Waals surface area (Å²) in [5.41, 5.74) is 1.15. The van der Waals surface area contributed by atoms with Crippen LogP contribution in [0, 0.1) is 0 Å². The summed E-state index contributed by atoms with van der Waals surface area (Å²) in [4.78, 5) is 12.6. The molecule has 0 spiro atoms. The molecule has 0 radical (unpaired) electrons. The first kappa shape index (κ1) is 21.8. The van der Waals surface area contributed by atoms with Gasteiger partial charge in [-0.05, 0) is 36.8 Å². The average Bonchev–Trinajstić information content (AvgIpc) is 2.66. The highest BCUT2D eigenvalue weighted by Gasteiger charge is 2.29. The van der Waals surface area contributed by atoms with E-state index >= 15 is 0 Å². The lowest BCUT2D eigenvalue weighted by atomic mass is 10.2. The van der Waals surface area contributed by atoms with Crippen molar-refractivity contribution in [1.82, 2.24) is 5.32 Å². The SMILES string of the molecule is COc1ccc(N(C(C)C(=O)NCc2ccc(Cl)cc2)S(C)(=O)=O)cc1OC. The minimum Gasteiger partial charge on any atom is -0.493 e. The molecule has 1 N–H and O–H groups in total. The van der Waals surface area contributed by atoms with Gasteiger partial charge in [-0.3, -0.25) is 9.10 Å². The van der Waals surface area contributed by atoms with Crippen LogP contribution in [0.25, 0.3) is 0 Å². The predicted molar refractivity (Wildman–Crippen MR) is 110 cm³/mol. The normalized spacial score (nSPS) is 12.2. The van der Waals surface area contributed by atoms with E-state index in [1.54, 1.807) is 36.4 Å². The fourth-order valence-electron chi connectivity index (χ4n) is 2.71. The van der Waals surface area contributed by atoms with Crippen molar-refractivity contribution in [3.05, 3.63) is 53.1 Å². The van der Waals surface area contributed by atoms with Gasteiger partial charge in [-0.1, -0.05) is 23.7 Å². The Morgan fingerprint density at radius 1 is 1.11 bits per heavy atom. The molecule has 0 bridgehead atoms. The van der Waals surface area contributed by atoms with E-state index in [9.17, 15) is 13.2 Å². The topological polar surface area (TPSA) is 84.9 Å². The zero-order valence-corrected chi connectivity index (χ0v) is 17.7. The summed E-state index contributed by atoms with van der Waals surface area (Å²) in [6.07, 6.45) is 1.05. The monoisotopic (exact) mass is 426 g/mol. The quantitative estimate of drug-likeness (QED) is 0.701. The first-order valence-corrected chi connectivity index (χ1v) is 10.6. The van der Waals surface area contributed by atoms with E-state index < -0.39 is 22.0 Å². The van der Waals surface area contributed by atoms with Gasteiger partial charge in [0.25, 0.3) is 0 Å². The summed E-state index contributed by atoms with van der Waals surface area (Å²) in [5.74, 6) is 0.386. The Balaban J connectivity index is 2.25. The second-order valence-electron chi connectivity index (χ2n) is 6.12. The van der Waals surface area contributed by atoms with Crippen molar-refractivity contribution >= 4 is 33.2 Å². The fraction of sp³-hybridized carbons (Fsp3) is 0.316. The number of anilines is 1. The molecular formula is C19H23ClN2O5S. The summed E-state index contributed by atoms with van der Waals surface area (Å²) >= 11 is 5.85. The Bertz CT molecular complexity index is 932. The third kappa shape index (κ3) is 5.30. The lowest BCUT2D eigenvalue weighted by Crippen LogP contribution is -2.47. The van der Waals surface area contributed by atoms with Crippen molar-refractivity contribution in [2.75, 3.05) is 24.8 Å². The number of ether oxygens (including phenoxy) is 2. The van der Waals surface area contributed by atoms with Gasteiger partial charge in [0.15, 0.2) is 11.5 Å². The molecule has 0 saturated heterocycles. The van der Waals surface area contributed by atoms with Crippen molar-refractivity contribution in [3.8, 4) is 11.5 Å². The lowest BCUT2D eigenvalue weighted by Gasteiger charge is -2.28. The molecule has 9 heteroatoms. The predicted octanol–water partition coefficient (Wildman–Crippen LogP) is 2.83. The van der Waals surface area contributed by atoms with Crippen LogP contribution in [0.2, 0.25) is 5.02 Å². The zero-order chi connectivity index (χ0) is 20.9. The van der Waals surface area contributed by atoms with E-state index in [0.717, 1.165) is 16.1 Å². The molecule has 0 aromatic heterocycles. The third-order valence-electron chi connectivity index (χ3n) is 4.09. The molecular weight excluding hydrogens is 404 g/mol. The Labute approximate surface area is 170 Å². The molecule has 0 fully saturated rings. The number of benzene rings is 2. The number of hydrogen-bond donors (Lipinski definition) is 1. The smallest absolute Gasteiger partial charge is 0.243 e. The van der Waals surface area contributed by atoms with Crippen molar-refractivity contribution in [3.63, 3.8) is 0 Å². The number of amides is 1. The molecule has 152 valence electrons. The molecule has 1 atom stereocenters. The molecule has 28 heavy (non-hydrogen) atoms. The molecule has 0 saturated carbocycles. The van der Waals surface area contributed by atoms with Gasteiger partial charge in [0.1, 0.15) is 6.04 Å². The van der Waals surface area contributed by atoms with Crippen LogP contribution in [0.4, 0.5) is 5.69 Å². The van der Waals surface area contributed by atoms with E-state index in [0.29, 0.717) is 22.2 Å². The number of carbonyl (C=O) groups excluding carboxylic acids is 1. The van der Waals surface area contributed by atoms with Crippen LogP contribution in [0.15, 0.2) is 42.5 Å². The lowest BCUT2D eigenvalue weighted by molar-refractivity contribution is -0.122. The van der Waals surface area contributed by atoms with Crippen LogP contribution in [-0.2, 0) is 21.4 Å². The molecule has 1 amide bonds. The molecule has 1 unspecified atom stereocenters. The maximum atomic E-state index is 12.6. The molecule has 2 aromatic carbocycles. The van der Waals surface area contributed by atoms with Gasteiger partial charge in [-0.25, -0.2) is 8.42 Å². The fourth-order valence-corrected chi connectivity index (χ4v) is 4.00. The highest BCUT2D eigenvalue weighted by molar-refractivity contribution is 7.92. The number of carbonyl (C=O) groups is 1. The zero-order valence-electron chi connectivity index (χ0n) is 16.1. The largest absolute Gasteiger partial charge is 0.493 e. The summed E-state index contributed by atoms with van der Waals surface area (Å²) in [5, 5.41) is 3.34. The van der Waals surface area contributed by atoms with E-state index in [2.05, 4.69) is 5.32 Å². The Hall–Kier alpha value is -2.45. The maximum absolute atomic E-state index is 12.6. The van der Waals surface area contributed by atoms with Crippen molar-refractivity contribution in [2.45, 2.75) is 19.5 Å². The van der Waals surface area contributed by atoms with Gasteiger partial charge in [-0.15, -0.1) is 0 Å². The first-order chi connectivity index (χ1) is 13.2. The van der Waals surface area contributed by atoms with Crippen molar-refractivity contribution in [1.29, 1.82) is 0 Å². The van der Waals surface area contributed by atoms with Gasteiger partial charge in [0.05, 0.1) is 26.2 Å². The Kier molecular flexibility index (Phi) is 7.15. The van der Waals surface area contributed by atoms with Crippen LogP contribution in [0.5, 0.6) is 11.5 Å². The number of sulfonamides is 1. The summed E-state index contributed by atoms with van der Waals surface area (Å²) in [6.45, 7) is 1.78. The Morgan fingerprint density at radius 3 is 2.25 bits per heavy atom. The number of nitrogens with one attached hydrogen (secondary N) is 1. The van der Waals surface area contributed by atoms with Crippen LogP contribution in [-0.4, -0.2) is 40.8 Å². The average molecular weight is 427 g/mol. The number of halogens is 1. The van der Waals surface area contributed by atoms with Crippen LogP contribution >= 0.6 is 11.6 Å². The van der Waals surface area contributed by atoms with Gasteiger partial charge in [0.2, 0.25) is 15.9 Å². The number of hydrogen-bond acceptors (Lipinski definition) is 5. The highest BCUT2D eigenvalue weighted by Crippen LogP contribution is 2.33. The van der Waals surface area contributed by atoms with Crippen molar-refractivity contribution < 1.29 is 22.7 Å². The van der Waals surface area contributed by atoms with Gasteiger partial charge in [-0.2, -0.15) is 0 Å². The second-order valence-corrected chi connectivity index (χ2v) is 8.41. The first-order valence-electron chi connectivity index (χ1n) is 8.41. The minimum atomic E-state index is -3.74. The summed E-state index contributed by atoms with van der Waals surface area (Å²) in [6, 6.07) is 10.7. The van der Waals surface area contributed by atoms with E-state index in [-0.39, 0.29) is 6.54 Å². The minimum absolute atomic E-state index is 0.254. The van der Waals surface area contributed by atoms with Crippen LogP contribution in [0.3, 0.4) is 0 Å². The maximum Gasteiger partial charge on any atom is 0.243 e. The van der Waals surface area contributed by atoms with Gasteiger partial charge in [0, 0.05) is 17.6 Å².